The lowest BCUT2D eigenvalue weighted by Crippen LogP contribution is -2.27. The molecule has 6 heteroatoms. The second kappa shape index (κ2) is 6.30. The van der Waals surface area contributed by atoms with Crippen molar-refractivity contribution in [1.82, 2.24) is 9.97 Å². The number of nitrogens with zero attached hydrogens (tertiary/aromatic N) is 2. The Kier molecular flexibility index (Phi) is 5.03. The Hall–Kier alpha value is -1.69. The van der Waals surface area contributed by atoms with E-state index >= 15 is 0 Å². The summed E-state index contributed by atoms with van der Waals surface area (Å²) >= 11 is 0. The zero-order valence-corrected chi connectivity index (χ0v) is 10.8. The second-order valence-corrected chi connectivity index (χ2v) is 4.65. The van der Waals surface area contributed by atoms with Crippen LogP contribution in [0.2, 0.25) is 0 Å². The van der Waals surface area contributed by atoms with Crippen LogP contribution in [0, 0.1) is 12.8 Å². The Labute approximate surface area is 106 Å². The van der Waals surface area contributed by atoms with Crippen LogP contribution < -0.4 is 5.32 Å². The molecule has 1 rings (SSSR count). The number of aromatic carboxylic acids is 1. The van der Waals surface area contributed by atoms with Gasteiger partial charge in [0.05, 0.1) is 23.9 Å². The third-order valence-corrected chi connectivity index (χ3v) is 2.52. The van der Waals surface area contributed by atoms with Gasteiger partial charge in [0.25, 0.3) is 0 Å². The molecule has 1 heterocycles. The normalized spacial score (nSPS) is 12.5. The summed E-state index contributed by atoms with van der Waals surface area (Å²) in [5.41, 5.74) is 0.492. The van der Waals surface area contributed by atoms with Crippen LogP contribution in [0.3, 0.4) is 0 Å². The first kappa shape index (κ1) is 14.4. The van der Waals surface area contributed by atoms with Gasteiger partial charge in [0.15, 0.2) is 0 Å². The van der Waals surface area contributed by atoms with Crippen molar-refractivity contribution in [3.8, 4) is 0 Å². The van der Waals surface area contributed by atoms with Gasteiger partial charge in [-0.1, -0.05) is 13.8 Å². The Balaban J connectivity index is 2.78. The highest BCUT2D eigenvalue weighted by molar-refractivity contribution is 5.88. The molecule has 6 nitrogen and oxygen atoms in total. The maximum absolute atomic E-state index is 10.8. The van der Waals surface area contributed by atoms with E-state index in [4.69, 9.17) is 5.11 Å². The molecule has 0 aliphatic rings. The monoisotopic (exact) mass is 253 g/mol. The fraction of sp³-hybridized carbons (Fsp3) is 0.583. The highest BCUT2D eigenvalue weighted by Crippen LogP contribution is 2.11. The first-order valence-corrected chi connectivity index (χ1v) is 5.88. The molecule has 0 fully saturated rings. The van der Waals surface area contributed by atoms with Crippen molar-refractivity contribution in [1.29, 1.82) is 0 Å². The van der Waals surface area contributed by atoms with Gasteiger partial charge in [-0.25, -0.2) is 14.8 Å². The largest absolute Gasteiger partial charge is 0.478 e. The summed E-state index contributed by atoms with van der Waals surface area (Å²) in [6.07, 6.45) is 2.07. The van der Waals surface area contributed by atoms with E-state index in [9.17, 15) is 9.90 Å². The van der Waals surface area contributed by atoms with Crippen molar-refractivity contribution in [3.05, 3.63) is 17.5 Å². The van der Waals surface area contributed by atoms with Crippen LogP contribution in [-0.2, 0) is 0 Å². The molecule has 0 aliphatic heterocycles. The number of carboxylic acid groups (broad SMARTS) is 1. The van der Waals surface area contributed by atoms with Crippen LogP contribution in [0.5, 0.6) is 0 Å². The number of aryl methyl sites for hydroxylation is 1. The van der Waals surface area contributed by atoms with Crippen molar-refractivity contribution in [2.24, 2.45) is 5.92 Å². The number of aliphatic hydroxyl groups is 1. The predicted molar refractivity (Wildman–Crippen MR) is 67.7 cm³/mol. The summed E-state index contributed by atoms with van der Waals surface area (Å²) in [7, 11) is 0. The van der Waals surface area contributed by atoms with E-state index in [2.05, 4.69) is 29.1 Å². The summed E-state index contributed by atoms with van der Waals surface area (Å²) in [4.78, 5) is 18.8. The van der Waals surface area contributed by atoms with Gasteiger partial charge in [-0.15, -0.1) is 0 Å². The Bertz CT molecular complexity index is 421. The quantitative estimate of drug-likeness (QED) is 0.707. The summed E-state index contributed by atoms with van der Waals surface area (Å²) in [6.45, 7) is 5.72. The number of nitrogens with one attached hydrogen (secondary N) is 1. The number of carbonyl (C=O) groups is 1. The molecule has 1 atom stereocenters. The first-order chi connectivity index (χ1) is 8.43. The number of hydrogen-bond donors (Lipinski definition) is 3. The fourth-order valence-electron chi connectivity index (χ4n) is 1.68. The summed E-state index contributed by atoms with van der Waals surface area (Å²) < 4.78 is 0. The molecule has 1 aromatic heterocycles. The molecule has 0 saturated carbocycles. The van der Waals surface area contributed by atoms with Gasteiger partial charge in [-0.2, -0.15) is 0 Å². The predicted octanol–water partition coefficient (Wildman–Crippen LogP) is 1.30. The molecule has 0 radical (unpaired) electrons. The van der Waals surface area contributed by atoms with Crippen molar-refractivity contribution < 1.29 is 15.0 Å². The number of aliphatic hydroxyl groups excluding tert-OH is 1. The van der Waals surface area contributed by atoms with Gasteiger partial charge >= 0.3 is 5.97 Å². The van der Waals surface area contributed by atoms with Gasteiger partial charge < -0.3 is 15.5 Å². The Morgan fingerprint density at radius 1 is 1.50 bits per heavy atom. The number of aromatic nitrogens is 2. The van der Waals surface area contributed by atoms with Crippen LogP contribution in [0.1, 0.15) is 36.3 Å². The zero-order valence-electron chi connectivity index (χ0n) is 10.8. The number of anilines is 1. The SMILES string of the molecule is Cc1nc(NC(CO)CC(C)C)ncc1C(=O)O. The van der Waals surface area contributed by atoms with E-state index in [0.717, 1.165) is 6.42 Å². The van der Waals surface area contributed by atoms with E-state index in [1.54, 1.807) is 6.92 Å². The molecular formula is C12H19N3O3. The van der Waals surface area contributed by atoms with Crippen molar-refractivity contribution >= 4 is 11.9 Å². The maximum Gasteiger partial charge on any atom is 0.339 e. The minimum absolute atomic E-state index is 0.0126. The van der Waals surface area contributed by atoms with Crippen molar-refractivity contribution in [2.75, 3.05) is 11.9 Å². The minimum Gasteiger partial charge on any atom is -0.478 e. The minimum atomic E-state index is -1.04. The average molecular weight is 253 g/mol. The molecule has 0 bridgehead atoms. The molecule has 18 heavy (non-hydrogen) atoms. The molecular weight excluding hydrogens is 234 g/mol. The third kappa shape index (κ3) is 3.96. The molecule has 100 valence electrons. The average Bonchev–Trinajstić information content (AvgIpc) is 2.27. The van der Waals surface area contributed by atoms with Gasteiger partial charge in [0, 0.05) is 6.20 Å². The Morgan fingerprint density at radius 3 is 2.61 bits per heavy atom. The molecule has 0 amide bonds. The van der Waals surface area contributed by atoms with Crippen LogP contribution >= 0.6 is 0 Å². The smallest absolute Gasteiger partial charge is 0.339 e. The van der Waals surface area contributed by atoms with Crippen LogP contribution in [-0.4, -0.2) is 38.8 Å². The first-order valence-electron chi connectivity index (χ1n) is 5.88. The van der Waals surface area contributed by atoms with E-state index in [-0.39, 0.29) is 18.2 Å². The molecule has 0 spiro atoms. The van der Waals surface area contributed by atoms with Crippen LogP contribution in [0.4, 0.5) is 5.95 Å². The van der Waals surface area contributed by atoms with Gasteiger partial charge in [0.1, 0.15) is 0 Å². The highest BCUT2D eigenvalue weighted by Gasteiger charge is 2.13. The van der Waals surface area contributed by atoms with Gasteiger partial charge in [0.2, 0.25) is 5.95 Å². The van der Waals surface area contributed by atoms with E-state index in [0.29, 0.717) is 17.6 Å². The zero-order chi connectivity index (χ0) is 13.7. The van der Waals surface area contributed by atoms with Crippen molar-refractivity contribution in [3.63, 3.8) is 0 Å². The second-order valence-electron chi connectivity index (χ2n) is 4.65. The molecule has 0 saturated heterocycles. The summed E-state index contributed by atoms with van der Waals surface area (Å²) in [5, 5.41) is 21.1. The lowest BCUT2D eigenvalue weighted by atomic mass is 10.0. The van der Waals surface area contributed by atoms with E-state index in [1.165, 1.54) is 6.20 Å². The molecule has 0 aromatic carbocycles. The fourth-order valence-corrected chi connectivity index (χ4v) is 1.68. The highest BCUT2D eigenvalue weighted by atomic mass is 16.4. The lowest BCUT2D eigenvalue weighted by molar-refractivity contribution is 0.0695. The lowest BCUT2D eigenvalue weighted by Gasteiger charge is -2.18. The Morgan fingerprint density at radius 2 is 2.17 bits per heavy atom. The third-order valence-electron chi connectivity index (χ3n) is 2.52. The van der Waals surface area contributed by atoms with Crippen LogP contribution in [0.25, 0.3) is 0 Å². The number of carboxylic acids is 1. The van der Waals surface area contributed by atoms with E-state index in [1.807, 2.05) is 0 Å². The maximum atomic E-state index is 10.8. The molecule has 1 aromatic rings. The molecule has 1 unspecified atom stereocenters. The molecule has 3 N–H and O–H groups in total. The van der Waals surface area contributed by atoms with Gasteiger partial charge in [-0.3, -0.25) is 0 Å². The summed E-state index contributed by atoms with van der Waals surface area (Å²) in [6, 6.07) is -0.125. The van der Waals surface area contributed by atoms with Crippen molar-refractivity contribution in [2.45, 2.75) is 33.2 Å². The topological polar surface area (TPSA) is 95.3 Å². The van der Waals surface area contributed by atoms with E-state index < -0.39 is 5.97 Å². The number of rotatable bonds is 6. The summed E-state index contributed by atoms with van der Waals surface area (Å²) in [5.74, 6) is -0.258. The number of hydrogen-bond acceptors (Lipinski definition) is 5. The molecule has 0 aliphatic carbocycles. The standard InChI is InChI=1S/C12H19N3O3/c1-7(2)4-9(6-16)15-12-13-5-10(11(17)18)8(3)14-12/h5,7,9,16H,4,6H2,1-3H3,(H,17,18)(H,13,14,15). The van der Waals surface area contributed by atoms with Gasteiger partial charge in [-0.05, 0) is 19.3 Å². The van der Waals surface area contributed by atoms with Crippen LogP contribution in [0.15, 0.2) is 6.20 Å².